The zero-order valence-corrected chi connectivity index (χ0v) is 5.63. The molecular formula is C8H6F2O. The second-order valence-electron chi connectivity index (χ2n) is 2.47. The molecule has 1 aromatic carbocycles. The molecular weight excluding hydrogens is 150 g/mol. The number of hydrogen-bond acceptors (Lipinski definition) is 1. The van der Waals surface area contributed by atoms with Gasteiger partial charge in [-0.1, -0.05) is 30.3 Å². The van der Waals surface area contributed by atoms with E-state index in [4.69, 9.17) is 0 Å². The third-order valence-corrected chi connectivity index (χ3v) is 1.63. The number of halogens is 2. The van der Waals surface area contributed by atoms with Gasteiger partial charge >= 0.3 is 6.11 Å². The molecule has 0 aromatic heterocycles. The molecule has 0 amide bonds. The maximum atomic E-state index is 12.3. The van der Waals surface area contributed by atoms with E-state index < -0.39 is 12.2 Å². The van der Waals surface area contributed by atoms with Crippen molar-refractivity contribution in [1.29, 1.82) is 0 Å². The molecule has 1 nitrogen and oxygen atoms in total. The molecule has 0 radical (unpaired) electrons. The minimum Gasteiger partial charge on any atom is -0.301 e. The fourth-order valence-electron chi connectivity index (χ4n) is 1.01. The van der Waals surface area contributed by atoms with Gasteiger partial charge < -0.3 is 4.74 Å². The van der Waals surface area contributed by atoms with Crippen LogP contribution in [0.15, 0.2) is 30.3 Å². The van der Waals surface area contributed by atoms with Gasteiger partial charge in [-0.15, -0.1) is 0 Å². The van der Waals surface area contributed by atoms with Crippen molar-refractivity contribution >= 4 is 0 Å². The lowest BCUT2D eigenvalue weighted by molar-refractivity contribution is 0.00137. The fraction of sp³-hybridized carbons (Fsp3) is 0.250. The van der Waals surface area contributed by atoms with Crippen molar-refractivity contribution < 1.29 is 13.5 Å². The Balaban J connectivity index is 2.21. The highest BCUT2D eigenvalue weighted by Gasteiger charge is 2.60. The van der Waals surface area contributed by atoms with Crippen LogP contribution in [0.25, 0.3) is 0 Å². The SMILES string of the molecule is FC1(F)OC1c1ccccc1. The average Bonchev–Trinajstić information content (AvgIpc) is 2.62. The summed E-state index contributed by atoms with van der Waals surface area (Å²) in [5, 5.41) is 0. The number of ether oxygens (including phenoxy) is 1. The van der Waals surface area contributed by atoms with Gasteiger partial charge in [-0.3, -0.25) is 0 Å². The van der Waals surface area contributed by atoms with Gasteiger partial charge in [0.2, 0.25) is 0 Å². The third kappa shape index (κ3) is 1.12. The first-order chi connectivity index (χ1) is 5.20. The van der Waals surface area contributed by atoms with Crippen LogP contribution in [-0.4, -0.2) is 6.11 Å². The molecule has 1 unspecified atom stereocenters. The molecule has 0 aliphatic carbocycles. The Hall–Kier alpha value is -0.960. The van der Waals surface area contributed by atoms with Gasteiger partial charge in [0.05, 0.1) is 0 Å². The van der Waals surface area contributed by atoms with Crippen LogP contribution in [0.2, 0.25) is 0 Å². The predicted molar refractivity (Wildman–Crippen MR) is 35.2 cm³/mol. The van der Waals surface area contributed by atoms with Gasteiger partial charge in [0.1, 0.15) is 0 Å². The fourth-order valence-corrected chi connectivity index (χ4v) is 1.01. The van der Waals surface area contributed by atoms with Crippen LogP contribution in [0.5, 0.6) is 0 Å². The van der Waals surface area contributed by atoms with E-state index in [1.54, 1.807) is 30.3 Å². The summed E-state index contributed by atoms with van der Waals surface area (Å²) in [7, 11) is 0. The lowest BCUT2D eigenvalue weighted by Gasteiger charge is -1.91. The van der Waals surface area contributed by atoms with Crippen molar-refractivity contribution in [2.24, 2.45) is 0 Å². The highest BCUT2D eigenvalue weighted by atomic mass is 19.3. The Labute approximate surface area is 62.6 Å². The molecule has 1 heterocycles. The molecule has 1 aromatic rings. The quantitative estimate of drug-likeness (QED) is 0.568. The number of rotatable bonds is 1. The van der Waals surface area contributed by atoms with Crippen LogP contribution < -0.4 is 0 Å². The molecule has 0 spiro atoms. The van der Waals surface area contributed by atoms with Crippen molar-refractivity contribution in [3.05, 3.63) is 35.9 Å². The number of hydrogen-bond donors (Lipinski definition) is 0. The minimum absolute atomic E-state index is 0.539. The van der Waals surface area contributed by atoms with Gasteiger partial charge in [-0.2, -0.15) is 8.78 Å². The van der Waals surface area contributed by atoms with Gasteiger partial charge in [-0.05, 0) is 5.56 Å². The van der Waals surface area contributed by atoms with Crippen molar-refractivity contribution in [3.63, 3.8) is 0 Å². The normalized spacial score (nSPS) is 26.5. The molecule has 1 saturated heterocycles. The molecule has 1 fully saturated rings. The minimum atomic E-state index is -2.93. The Kier molecular flexibility index (Phi) is 1.23. The second kappa shape index (κ2) is 2.01. The summed E-state index contributed by atoms with van der Waals surface area (Å²) in [6.07, 6.45) is -3.94. The second-order valence-corrected chi connectivity index (χ2v) is 2.47. The van der Waals surface area contributed by atoms with Crippen LogP contribution in [-0.2, 0) is 4.74 Å². The van der Waals surface area contributed by atoms with E-state index in [9.17, 15) is 8.78 Å². The number of benzene rings is 1. The van der Waals surface area contributed by atoms with Crippen LogP contribution in [0.3, 0.4) is 0 Å². The Bertz CT molecular complexity index is 258. The van der Waals surface area contributed by atoms with Crippen molar-refractivity contribution in [1.82, 2.24) is 0 Å². The molecule has 0 bridgehead atoms. The molecule has 58 valence electrons. The molecule has 3 heteroatoms. The first kappa shape index (κ1) is 6.73. The molecule has 0 saturated carbocycles. The summed E-state index contributed by atoms with van der Waals surface area (Å²) in [4.78, 5) is 0. The molecule has 1 aliphatic rings. The first-order valence-electron chi connectivity index (χ1n) is 3.31. The zero-order valence-electron chi connectivity index (χ0n) is 5.63. The predicted octanol–water partition coefficient (Wildman–Crippen LogP) is 2.35. The van der Waals surface area contributed by atoms with E-state index in [1.165, 1.54) is 0 Å². The number of epoxide rings is 1. The third-order valence-electron chi connectivity index (χ3n) is 1.63. The van der Waals surface area contributed by atoms with Gasteiger partial charge in [0, 0.05) is 0 Å². The van der Waals surface area contributed by atoms with Crippen LogP contribution in [0.1, 0.15) is 11.7 Å². The molecule has 1 atom stereocenters. The van der Waals surface area contributed by atoms with Crippen molar-refractivity contribution in [2.75, 3.05) is 0 Å². The lowest BCUT2D eigenvalue weighted by atomic mass is 10.2. The molecule has 0 N–H and O–H groups in total. The van der Waals surface area contributed by atoms with Gasteiger partial charge in [-0.25, -0.2) is 0 Å². The topological polar surface area (TPSA) is 12.5 Å². The largest absolute Gasteiger partial charge is 0.387 e. The summed E-state index contributed by atoms with van der Waals surface area (Å²) >= 11 is 0. The Morgan fingerprint density at radius 1 is 1.18 bits per heavy atom. The maximum Gasteiger partial charge on any atom is 0.387 e. The molecule has 2 rings (SSSR count). The van der Waals surface area contributed by atoms with Gasteiger partial charge in [0.15, 0.2) is 6.10 Å². The summed E-state index contributed by atoms with van der Waals surface area (Å²) in [6, 6.07) is 8.47. The standard InChI is InChI=1S/C8H6F2O/c9-8(10)7(11-8)6-4-2-1-3-5-6/h1-5,7H. The zero-order chi connectivity index (χ0) is 7.90. The highest BCUT2D eigenvalue weighted by Crippen LogP contribution is 2.51. The maximum absolute atomic E-state index is 12.3. The van der Waals surface area contributed by atoms with Crippen LogP contribution >= 0.6 is 0 Å². The van der Waals surface area contributed by atoms with Crippen LogP contribution in [0, 0.1) is 0 Å². The Morgan fingerprint density at radius 2 is 1.73 bits per heavy atom. The average molecular weight is 156 g/mol. The lowest BCUT2D eigenvalue weighted by Crippen LogP contribution is -1.91. The monoisotopic (exact) mass is 156 g/mol. The first-order valence-corrected chi connectivity index (χ1v) is 3.31. The van der Waals surface area contributed by atoms with E-state index in [0.717, 1.165) is 0 Å². The highest BCUT2D eigenvalue weighted by molar-refractivity contribution is 5.22. The van der Waals surface area contributed by atoms with E-state index in [2.05, 4.69) is 4.74 Å². The van der Waals surface area contributed by atoms with Crippen molar-refractivity contribution in [2.45, 2.75) is 12.2 Å². The van der Waals surface area contributed by atoms with Crippen molar-refractivity contribution in [3.8, 4) is 0 Å². The van der Waals surface area contributed by atoms with E-state index in [0.29, 0.717) is 5.56 Å². The van der Waals surface area contributed by atoms with Gasteiger partial charge in [0.25, 0.3) is 0 Å². The van der Waals surface area contributed by atoms with E-state index >= 15 is 0 Å². The summed E-state index contributed by atoms with van der Waals surface area (Å²) in [5.41, 5.74) is 0.539. The molecule has 1 aliphatic heterocycles. The van der Waals surface area contributed by atoms with E-state index in [1.807, 2.05) is 0 Å². The van der Waals surface area contributed by atoms with Crippen LogP contribution in [0.4, 0.5) is 8.78 Å². The number of alkyl halides is 2. The summed E-state index contributed by atoms with van der Waals surface area (Å²) in [5.74, 6) is 0. The summed E-state index contributed by atoms with van der Waals surface area (Å²) < 4.78 is 28.7. The Morgan fingerprint density at radius 3 is 2.18 bits per heavy atom. The summed E-state index contributed by atoms with van der Waals surface area (Å²) in [6.45, 7) is 0. The smallest absolute Gasteiger partial charge is 0.301 e. The van der Waals surface area contributed by atoms with E-state index in [-0.39, 0.29) is 0 Å². The molecule has 11 heavy (non-hydrogen) atoms.